The molecule has 1 aromatic carbocycles. The Kier molecular flexibility index (Phi) is 6.20. The molecule has 0 saturated heterocycles. The molecule has 3 rings (SSSR count). The summed E-state index contributed by atoms with van der Waals surface area (Å²) in [5, 5.41) is 14.0. The predicted octanol–water partition coefficient (Wildman–Crippen LogP) is 4.63. The van der Waals surface area contributed by atoms with E-state index in [9.17, 15) is 4.79 Å². The Balaban J connectivity index is 1.89. The highest BCUT2D eigenvalue weighted by atomic mass is 79.9. The number of rotatable bonds is 6. The van der Waals surface area contributed by atoms with Crippen LogP contribution < -0.4 is 10.8 Å². The highest BCUT2D eigenvalue weighted by Crippen LogP contribution is 2.31. The van der Waals surface area contributed by atoms with Crippen molar-refractivity contribution in [1.82, 2.24) is 15.4 Å². The number of carbonyl (C=O) groups excluding carboxylic acids is 1. The standard InChI is InChI=1S/C19H19BrN4O2S/c1-3-15-11(2)21-19(16-9-13(20)10-27-16)23-18(15)22-14-6-4-12(5-7-14)8-17(25)24-26/h4-7,9-10,26H,3,8H2,1-2H3,(H,24,25)(H,21,22,23). The second kappa shape index (κ2) is 8.60. The van der Waals surface area contributed by atoms with Crippen molar-refractivity contribution in [3.05, 3.63) is 57.0 Å². The van der Waals surface area contributed by atoms with E-state index in [0.717, 1.165) is 44.1 Å². The first kappa shape index (κ1) is 19.5. The summed E-state index contributed by atoms with van der Waals surface area (Å²) in [6.45, 7) is 4.07. The number of halogens is 1. The van der Waals surface area contributed by atoms with Crippen LogP contribution in [0.25, 0.3) is 10.7 Å². The molecule has 8 heteroatoms. The van der Waals surface area contributed by atoms with Crippen molar-refractivity contribution in [2.75, 3.05) is 5.32 Å². The van der Waals surface area contributed by atoms with Crippen molar-refractivity contribution in [3.8, 4) is 10.7 Å². The maximum atomic E-state index is 11.3. The van der Waals surface area contributed by atoms with Crippen LogP contribution in [0.3, 0.4) is 0 Å². The van der Waals surface area contributed by atoms with E-state index in [0.29, 0.717) is 5.82 Å². The number of thiophene rings is 1. The molecule has 3 N–H and O–H groups in total. The van der Waals surface area contributed by atoms with Crippen LogP contribution in [0.2, 0.25) is 0 Å². The summed E-state index contributed by atoms with van der Waals surface area (Å²) in [7, 11) is 0. The molecule has 6 nitrogen and oxygen atoms in total. The highest BCUT2D eigenvalue weighted by Gasteiger charge is 2.13. The van der Waals surface area contributed by atoms with Gasteiger partial charge in [0.15, 0.2) is 5.82 Å². The second-order valence-corrected chi connectivity index (χ2v) is 7.80. The first-order chi connectivity index (χ1) is 13.0. The van der Waals surface area contributed by atoms with Crippen molar-refractivity contribution in [3.63, 3.8) is 0 Å². The van der Waals surface area contributed by atoms with Gasteiger partial charge in [-0.25, -0.2) is 15.4 Å². The monoisotopic (exact) mass is 446 g/mol. The quantitative estimate of drug-likeness (QED) is 0.379. The molecule has 0 atom stereocenters. The molecular formula is C19H19BrN4O2S. The van der Waals surface area contributed by atoms with Gasteiger partial charge in [-0.3, -0.25) is 10.0 Å². The number of hydrogen-bond donors (Lipinski definition) is 3. The Morgan fingerprint density at radius 2 is 2.00 bits per heavy atom. The molecule has 2 heterocycles. The number of hydroxylamine groups is 1. The van der Waals surface area contributed by atoms with E-state index in [-0.39, 0.29) is 6.42 Å². The van der Waals surface area contributed by atoms with Crippen molar-refractivity contribution in [1.29, 1.82) is 0 Å². The van der Waals surface area contributed by atoms with Gasteiger partial charge in [0, 0.05) is 26.8 Å². The second-order valence-electron chi connectivity index (χ2n) is 5.98. The fourth-order valence-electron chi connectivity index (χ4n) is 2.73. The Morgan fingerprint density at radius 1 is 1.26 bits per heavy atom. The summed E-state index contributed by atoms with van der Waals surface area (Å²) in [4.78, 5) is 21.7. The maximum absolute atomic E-state index is 11.3. The van der Waals surface area contributed by atoms with Gasteiger partial charge in [-0.2, -0.15) is 0 Å². The van der Waals surface area contributed by atoms with E-state index in [1.807, 2.05) is 42.6 Å². The number of amides is 1. The lowest BCUT2D eigenvalue weighted by atomic mass is 10.1. The summed E-state index contributed by atoms with van der Waals surface area (Å²) in [6.07, 6.45) is 0.943. The first-order valence-corrected chi connectivity index (χ1v) is 10.1. The highest BCUT2D eigenvalue weighted by molar-refractivity contribution is 9.10. The summed E-state index contributed by atoms with van der Waals surface area (Å²) in [5.74, 6) is 1.03. The zero-order chi connectivity index (χ0) is 19.4. The van der Waals surface area contributed by atoms with E-state index in [2.05, 4.69) is 33.2 Å². The van der Waals surface area contributed by atoms with E-state index in [1.54, 1.807) is 16.8 Å². The van der Waals surface area contributed by atoms with Crippen LogP contribution in [0, 0.1) is 6.92 Å². The van der Waals surface area contributed by atoms with Gasteiger partial charge in [0.1, 0.15) is 5.82 Å². The Labute approximate surface area is 169 Å². The summed E-state index contributed by atoms with van der Waals surface area (Å²) >= 11 is 5.06. The van der Waals surface area contributed by atoms with E-state index >= 15 is 0 Å². The number of hydrogen-bond acceptors (Lipinski definition) is 6. The van der Waals surface area contributed by atoms with Gasteiger partial charge in [0.05, 0.1) is 11.3 Å². The molecule has 0 aliphatic heterocycles. The number of aryl methyl sites for hydroxylation is 1. The van der Waals surface area contributed by atoms with E-state index in [1.165, 1.54) is 0 Å². The van der Waals surface area contributed by atoms with Crippen molar-refractivity contribution in [2.24, 2.45) is 0 Å². The normalized spacial score (nSPS) is 10.7. The lowest BCUT2D eigenvalue weighted by molar-refractivity contribution is -0.128. The minimum Gasteiger partial charge on any atom is -0.340 e. The zero-order valence-corrected chi connectivity index (χ0v) is 17.3. The molecular weight excluding hydrogens is 428 g/mol. The third kappa shape index (κ3) is 4.71. The van der Waals surface area contributed by atoms with Gasteiger partial charge >= 0.3 is 0 Å². The average Bonchev–Trinajstić information content (AvgIpc) is 3.09. The summed E-state index contributed by atoms with van der Waals surface area (Å²) in [5.41, 5.74) is 5.34. The average molecular weight is 447 g/mol. The zero-order valence-electron chi connectivity index (χ0n) is 14.9. The molecule has 2 aromatic heterocycles. The predicted molar refractivity (Wildman–Crippen MR) is 111 cm³/mol. The number of anilines is 2. The molecule has 0 spiro atoms. The lowest BCUT2D eigenvalue weighted by Crippen LogP contribution is -2.20. The summed E-state index contributed by atoms with van der Waals surface area (Å²) in [6, 6.07) is 9.47. The largest absolute Gasteiger partial charge is 0.340 e. The van der Waals surface area contributed by atoms with Gasteiger partial charge < -0.3 is 5.32 Å². The Bertz CT molecular complexity index is 957. The molecule has 0 radical (unpaired) electrons. The van der Waals surface area contributed by atoms with Crippen LogP contribution >= 0.6 is 27.3 Å². The smallest absolute Gasteiger partial charge is 0.247 e. The molecule has 0 saturated carbocycles. The minimum absolute atomic E-state index is 0.126. The molecule has 3 aromatic rings. The third-order valence-corrected chi connectivity index (χ3v) is 5.75. The third-order valence-electron chi connectivity index (χ3n) is 4.06. The Morgan fingerprint density at radius 3 is 2.59 bits per heavy atom. The topological polar surface area (TPSA) is 87.1 Å². The van der Waals surface area contributed by atoms with Gasteiger partial charge in [-0.05, 0) is 53.0 Å². The van der Waals surface area contributed by atoms with Crippen LogP contribution in [0.5, 0.6) is 0 Å². The molecule has 1 amide bonds. The Hall–Kier alpha value is -2.29. The fourth-order valence-corrected chi connectivity index (χ4v) is 4.09. The molecule has 0 aliphatic rings. The van der Waals surface area contributed by atoms with Gasteiger partial charge in [-0.15, -0.1) is 11.3 Å². The number of nitrogens with zero attached hydrogens (tertiary/aromatic N) is 2. The van der Waals surface area contributed by atoms with Crippen molar-refractivity contribution < 1.29 is 10.0 Å². The maximum Gasteiger partial charge on any atom is 0.247 e. The molecule has 0 fully saturated rings. The lowest BCUT2D eigenvalue weighted by Gasteiger charge is -2.14. The van der Waals surface area contributed by atoms with Crippen LogP contribution in [-0.4, -0.2) is 21.1 Å². The number of carbonyl (C=O) groups is 1. The number of benzene rings is 1. The number of aromatic nitrogens is 2. The van der Waals surface area contributed by atoms with Crippen LogP contribution in [-0.2, 0) is 17.6 Å². The van der Waals surface area contributed by atoms with Crippen LogP contribution in [0.15, 0.2) is 40.2 Å². The minimum atomic E-state index is -0.442. The van der Waals surface area contributed by atoms with Crippen LogP contribution in [0.4, 0.5) is 11.5 Å². The molecule has 140 valence electrons. The van der Waals surface area contributed by atoms with Crippen LogP contribution in [0.1, 0.15) is 23.7 Å². The van der Waals surface area contributed by atoms with E-state index in [4.69, 9.17) is 10.2 Å². The van der Waals surface area contributed by atoms with Gasteiger partial charge in [0.2, 0.25) is 5.91 Å². The van der Waals surface area contributed by atoms with Crippen molar-refractivity contribution >= 4 is 44.7 Å². The summed E-state index contributed by atoms with van der Waals surface area (Å²) < 4.78 is 1.01. The van der Waals surface area contributed by atoms with E-state index < -0.39 is 5.91 Å². The van der Waals surface area contributed by atoms with Gasteiger partial charge in [-0.1, -0.05) is 19.1 Å². The van der Waals surface area contributed by atoms with Gasteiger partial charge in [0.25, 0.3) is 0 Å². The molecule has 0 unspecified atom stereocenters. The number of nitrogens with one attached hydrogen (secondary N) is 2. The molecule has 0 bridgehead atoms. The first-order valence-electron chi connectivity index (χ1n) is 8.41. The molecule has 0 aliphatic carbocycles. The SMILES string of the molecule is CCc1c(C)nc(-c2cc(Br)cs2)nc1Nc1ccc(CC(=O)NO)cc1. The van der Waals surface area contributed by atoms with Crippen molar-refractivity contribution in [2.45, 2.75) is 26.7 Å². The molecule has 27 heavy (non-hydrogen) atoms. The fraction of sp³-hybridized carbons (Fsp3) is 0.211.